The topological polar surface area (TPSA) is 93.4 Å². The van der Waals surface area contributed by atoms with Crippen LogP contribution in [0.5, 0.6) is 5.75 Å². The predicted octanol–water partition coefficient (Wildman–Crippen LogP) is -0.0811. The molecule has 1 aromatic carbocycles. The highest BCUT2D eigenvalue weighted by Gasteiger charge is 2.19. The lowest BCUT2D eigenvalue weighted by Crippen LogP contribution is -2.48. The van der Waals surface area contributed by atoms with E-state index in [2.05, 4.69) is 10.6 Å². The molecule has 1 unspecified atom stereocenters. The molecule has 0 saturated carbocycles. The average Bonchev–Trinajstić information content (AvgIpc) is 2.48. The van der Waals surface area contributed by atoms with Crippen LogP contribution >= 0.6 is 0 Å². The fourth-order valence-electron chi connectivity index (χ4n) is 2.00. The van der Waals surface area contributed by atoms with Gasteiger partial charge in [0.05, 0.1) is 0 Å². The lowest BCUT2D eigenvalue weighted by atomic mass is 10.1. The van der Waals surface area contributed by atoms with E-state index in [0.717, 1.165) is 5.56 Å². The molecule has 0 aliphatic carbocycles. The summed E-state index contributed by atoms with van der Waals surface area (Å²) in [7, 11) is 0. The van der Waals surface area contributed by atoms with E-state index in [9.17, 15) is 9.59 Å². The van der Waals surface area contributed by atoms with E-state index in [0.29, 0.717) is 31.7 Å². The summed E-state index contributed by atoms with van der Waals surface area (Å²) in [4.78, 5) is 22.7. The highest BCUT2D eigenvalue weighted by molar-refractivity contribution is 5.79. The number of carbonyl (C=O) groups is 2. The molecule has 2 amide bonds. The van der Waals surface area contributed by atoms with Crippen molar-refractivity contribution in [1.82, 2.24) is 10.6 Å². The van der Waals surface area contributed by atoms with Crippen LogP contribution in [-0.4, -0.2) is 31.0 Å². The molecule has 1 aromatic rings. The number of hydrogen-bond donors (Lipinski definition) is 3. The Morgan fingerprint density at radius 2 is 2.15 bits per heavy atom. The lowest BCUT2D eigenvalue weighted by molar-refractivity contribution is -0.126. The van der Waals surface area contributed by atoms with Gasteiger partial charge in [0, 0.05) is 25.6 Å². The monoisotopic (exact) mass is 277 g/mol. The van der Waals surface area contributed by atoms with Crippen molar-refractivity contribution < 1.29 is 14.3 Å². The minimum Gasteiger partial charge on any atom is -0.484 e. The van der Waals surface area contributed by atoms with E-state index in [1.807, 2.05) is 12.1 Å². The first-order valence-corrected chi connectivity index (χ1v) is 6.65. The van der Waals surface area contributed by atoms with Gasteiger partial charge >= 0.3 is 0 Å². The van der Waals surface area contributed by atoms with Crippen molar-refractivity contribution in [3.8, 4) is 5.75 Å². The molecule has 0 spiro atoms. The Bertz CT molecular complexity index is 463. The molecule has 20 heavy (non-hydrogen) atoms. The van der Waals surface area contributed by atoms with E-state index < -0.39 is 0 Å². The van der Waals surface area contributed by atoms with Crippen LogP contribution in [0.3, 0.4) is 0 Å². The molecule has 2 rings (SSSR count). The third-order valence-corrected chi connectivity index (χ3v) is 3.16. The minimum atomic E-state index is -0.186. The molecule has 108 valence electrons. The van der Waals surface area contributed by atoms with E-state index in [4.69, 9.17) is 10.5 Å². The summed E-state index contributed by atoms with van der Waals surface area (Å²) in [6.45, 7) is 0.927. The summed E-state index contributed by atoms with van der Waals surface area (Å²) in [5.74, 6) is 0.482. The van der Waals surface area contributed by atoms with E-state index in [1.165, 1.54) is 0 Å². The van der Waals surface area contributed by atoms with Gasteiger partial charge in [-0.05, 0) is 24.1 Å². The lowest BCUT2D eigenvalue weighted by Gasteiger charge is -2.23. The van der Waals surface area contributed by atoms with Crippen molar-refractivity contribution in [2.45, 2.75) is 25.4 Å². The van der Waals surface area contributed by atoms with Crippen LogP contribution in [0.15, 0.2) is 24.3 Å². The molecule has 6 heteroatoms. The highest BCUT2D eigenvalue weighted by atomic mass is 16.5. The maximum absolute atomic E-state index is 11.7. The Labute approximate surface area is 117 Å². The zero-order valence-corrected chi connectivity index (χ0v) is 11.2. The third-order valence-electron chi connectivity index (χ3n) is 3.16. The number of hydrogen-bond acceptors (Lipinski definition) is 4. The SMILES string of the molecule is NCc1ccc(OCC(=O)NC2CCC(=O)NC2)cc1. The number of piperidine rings is 1. The van der Waals surface area contributed by atoms with Gasteiger partial charge in [-0.25, -0.2) is 0 Å². The number of amides is 2. The van der Waals surface area contributed by atoms with Gasteiger partial charge in [-0.1, -0.05) is 12.1 Å². The van der Waals surface area contributed by atoms with Crippen molar-refractivity contribution >= 4 is 11.8 Å². The van der Waals surface area contributed by atoms with Crippen LogP contribution in [0.2, 0.25) is 0 Å². The largest absolute Gasteiger partial charge is 0.484 e. The standard InChI is InChI=1S/C14H19N3O3/c15-7-10-1-4-12(5-2-10)20-9-14(19)17-11-3-6-13(18)16-8-11/h1-2,4-5,11H,3,6-9,15H2,(H,16,18)(H,17,19). The first-order valence-electron chi connectivity index (χ1n) is 6.65. The van der Waals surface area contributed by atoms with Gasteiger partial charge in [-0.2, -0.15) is 0 Å². The molecule has 0 aromatic heterocycles. The molecule has 4 N–H and O–H groups in total. The van der Waals surface area contributed by atoms with Crippen LogP contribution in [0.4, 0.5) is 0 Å². The third kappa shape index (κ3) is 4.24. The van der Waals surface area contributed by atoms with Crippen molar-refractivity contribution in [3.63, 3.8) is 0 Å². The molecule has 1 aliphatic heterocycles. The second kappa shape index (κ2) is 6.91. The number of rotatable bonds is 5. The molecule has 1 fully saturated rings. The number of carbonyl (C=O) groups excluding carboxylic acids is 2. The van der Waals surface area contributed by atoms with Gasteiger partial charge < -0.3 is 21.1 Å². The van der Waals surface area contributed by atoms with Crippen LogP contribution in [0.25, 0.3) is 0 Å². The fraction of sp³-hybridized carbons (Fsp3) is 0.429. The van der Waals surface area contributed by atoms with Crippen molar-refractivity contribution in [1.29, 1.82) is 0 Å². The first-order chi connectivity index (χ1) is 9.67. The van der Waals surface area contributed by atoms with Crippen molar-refractivity contribution in [2.75, 3.05) is 13.2 Å². The second-order valence-corrected chi connectivity index (χ2v) is 4.74. The summed E-state index contributed by atoms with van der Waals surface area (Å²) in [6.07, 6.45) is 1.12. The van der Waals surface area contributed by atoms with Gasteiger partial charge in [0.15, 0.2) is 6.61 Å². The van der Waals surface area contributed by atoms with Gasteiger partial charge in [0.1, 0.15) is 5.75 Å². The average molecular weight is 277 g/mol. The Morgan fingerprint density at radius 1 is 1.40 bits per heavy atom. The van der Waals surface area contributed by atoms with Crippen molar-refractivity contribution in [3.05, 3.63) is 29.8 Å². The fourth-order valence-corrected chi connectivity index (χ4v) is 2.00. The molecular weight excluding hydrogens is 258 g/mol. The highest BCUT2D eigenvalue weighted by Crippen LogP contribution is 2.11. The van der Waals surface area contributed by atoms with Gasteiger partial charge in [-0.3, -0.25) is 9.59 Å². The Hall–Kier alpha value is -2.08. The second-order valence-electron chi connectivity index (χ2n) is 4.74. The number of benzene rings is 1. The zero-order valence-electron chi connectivity index (χ0n) is 11.2. The van der Waals surface area contributed by atoms with Gasteiger partial charge in [-0.15, -0.1) is 0 Å². The molecular formula is C14H19N3O3. The summed E-state index contributed by atoms with van der Waals surface area (Å²) >= 11 is 0. The van der Waals surface area contributed by atoms with Gasteiger partial charge in [0.25, 0.3) is 5.91 Å². The first kappa shape index (κ1) is 14.3. The molecule has 6 nitrogen and oxygen atoms in total. The Balaban J connectivity index is 1.72. The molecule has 1 heterocycles. The van der Waals surface area contributed by atoms with Crippen LogP contribution in [0, 0.1) is 0 Å². The summed E-state index contributed by atoms with van der Waals surface area (Å²) < 4.78 is 5.39. The molecule has 1 aliphatic rings. The summed E-state index contributed by atoms with van der Waals surface area (Å²) in [6, 6.07) is 7.30. The number of nitrogens with two attached hydrogens (primary N) is 1. The van der Waals surface area contributed by atoms with Crippen LogP contribution in [0.1, 0.15) is 18.4 Å². The predicted molar refractivity (Wildman–Crippen MR) is 74.0 cm³/mol. The smallest absolute Gasteiger partial charge is 0.258 e. The maximum Gasteiger partial charge on any atom is 0.258 e. The van der Waals surface area contributed by atoms with Crippen LogP contribution < -0.4 is 21.1 Å². The molecule has 1 saturated heterocycles. The number of ether oxygens (including phenoxy) is 1. The molecule has 0 radical (unpaired) electrons. The maximum atomic E-state index is 11.7. The summed E-state index contributed by atoms with van der Waals surface area (Å²) in [5, 5.41) is 5.55. The Morgan fingerprint density at radius 3 is 2.75 bits per heavy atom. The van der Waals surface area contributed by atoms with E-state index >= 15 is 0 Å². The van der Waals surface area contributed by atoms with Crippen molar-refractivity contribution in [2.24, 2.45) is 5.73 Å². The molecule has 0 bridgehead atoms. The Kier molecular flexibility index (Phi) is 4.95. The zero-order chi connectivity index (χ0) is 14.4. The van der Waals surface area contributed by atoms with E-state index in [1.54, 1.807) is 12.1 Å². The number of nitrogens with one attached hydrogen (secondary N) is 2. The van der Waals surface area contributed by atoms with Crippen LogP contribution in [-0.2, 0) is 16.1 Å². The molecule has 1 atom stereocenters. The van der Waals surface area contributed by atoms with Gasteiger partial charge in [0.2, 0.25) is 5.91 Å². The minimum absolute atomic E-state index is 0.0107. The summed E-state index contributed by atoms with van der Waals surface area (Å²) in [5.41, 5.74) is 6.51. The normalized spacial score (nSPS) is 18.2. The van der Waals surface area contributed by atoms with E-state index in [-0.39, 0.29) is 24.5 Å². The quantitative estimate of drug-likeness (QED) is 0.701.